The standard InChI is InChI=1S/C20H19NOS/c22-20(19-13-16-8-2-1-3-9-18(16)23-19)21-17-11-10-14-6-4-5-7-15(14)12-17/h4-7,10-13H,1-3,8-9H2,(H,21,22). The molecule has 2 aromatic carbocycles. The Morgan fingerprint density at radius 1 is 0.913 bits per heavy atom. The van der Waals surface area contributed by atoms with Crippen LogP contribution in [0.4, 0.5) is 5.69 Å². The third kappa shape index (κ3) is 3.02. The zero-order valence-electron chi connectivity index (χ0n) is 13.0. The van der Waals surface area contributed by atoms with Crippen molar-refractivity contribution in [1.82, 2.24) is 0 Å². The summed E-state index contributed by atoms with van der Waals surface area (Å²) in [6, 6.07) is 16.3. The van der Waals surface area contributed by atoms with Crippen LogP contribution in [0.3, 0.4) is 0 Å². The lowest BCUT2D eigenvalue weighted by Crippen LogP contribution is -2.10. The number of amides is 1. The van der Waals surface area contributed by atoms with Crippen LogP contribution >= 0.6 is 11.3 Å². The van der Waals surface area contributed by atoms with Crippen LogP contribution < -0.4 is 5.32 Å². The minimum Gasteiger partial charge on any atom is -0.321 e. The number of hydrogen-bond donors (Lipinski definition) is 1. The van der Waals surface area contributed by atoms with Crippen LogP contribution in [0.1, 0.15) is 39.4 Å². The Balaban J connectivity index is 1.57. The second-order valence-electron chi connectivity index (χ2n) is 6.14. The molecule has 23 heavy (non-hydrogen) atoms. The normalized spacial score (nSPS) is 14.3. The largest absolute Gasteiger partial charge is 0.321 e. The molecule has 1 aliphatic rings. The van der Waals surface area contributed by atoms with Gasteiger partial charge in [0.05, 0.1) is 4.88 Å². The van der Waals surface area contributed by atoms with Gasteiger partial charge in [-0.05, 0) is 60.2 Å². The lowest BCUT2D eigenvalue weighted by Gasteiger charge is -2.05. The quantitative estimate of drug-likeness (QED) is 0.627. The topological polar surface area (TPSA) is 29.1 Å². The summed E-state index contributed by atoms with van der Waals surface area (Å²) >= 11 is 1.67. The Morgan fingerprint density at radius 2 is 1.74 bits per heavy atom. The minimum atomic E-state index is 0.0124. The van der Waals surface area contributed by atoms with Crippen molar-refractivity contribution in [3.63, 3.8) is 0 Å². The van der Waals surface area contributed by atoms with Gasteiger partial charge in [0.1, 0.15) is 0 Å². The maximum atomic E-state index is 12.6. The van der Waals surface area contributed by atoms with Gasteiger partial charge in [-0.3, -0.25) is 4.79 Å². The molecule has 1 heterocycles. The van der Waals surface area contributed by atoms with Crippen molar-refractivity contribution in [1.29, 1.82) is 0 Å². The van der Waals surface area contributed by atoms with Crippen molar-refractivity contribution in [2.75, 3.05) is 5.32 Å². The molecule has 116 valence electrons. The number of hydrogen-bond acceptors (Lipinski definition) is 2. The SMILES string of the molecule is O=C(Nc1ccc2ccccc2c1)c1cc2c(s1)CCCCC2. The van der Waals surface area contributed by atoms with Crippen LogP contribution in [0.15, 0.2) is 48.5 Å². The highest BCUT2D eigenvalue weighted by Gasteiger charge is 2.16. The second kappa shape index (κ2) is 6.17. The summed E-state index contributed by atoms with van der Waals surface area (Å²) in [5.41, 5.74) is 2.24. The molecular formula is C20H19NOS. The molecule has 0 saturated heterocycles. The number of carbonyl (C=O) groups is 1. The molecule has 1 N–H and O–H groups in total. The second-order valence-corrected chi connectivity index (χ2v) is 7.27. The number of fused-ring (bicyclic) bond motifs is 2. The van der Waals surface area contributed by atoms with Gasteiger partial charge in [-0.2, -0.15) is 0 Å². The van der Waals surface area contributed by atoms with Crippen LogP contribution in [0.2, 0.25) is 0 Å². The summed E-state index contributed by atoms with van der Waals surface area (Å²) in [5.74, 6) is 0.0124. The number of rotatable bonds is 2. The molecule has 2 nitrogen and oxygen atoms in total. The summed E-state index contributed by atoms with van der Waals surface area (Å²) in [6.07, 6.45) is 6.05. The highest BCUT2D eigenvalue weighted by molar-refractivity contribution is 7.14. The predicted octanol–water partition coefficient (Wildman–Crippen LogP) is 5.42. The van der Waals surface area contributed by atoms with E-state index < -0.39 is 0 Å². The van der Waals surface area contributed by atoms with E-state index in [-0.39, 0.29) is 5.91 Å². The molecule has 1 aromatic heterocycles. The third-order valence-corrected chi connectivity index (χ3v) is 5.71. The fraction of sp³-hybridized carbons (Fsp3) is 0.250. The maximum absolute atomic E-state index is 12.6. The lowest BCUT2D eigenvalue weighted by molar-refractivity contribution is 0.103. The average Bonchev–Trinajstić information content (AvgIpc) is 2.86. The molecule has 0 unspecified atom stereocenters. The summed E-state index contributed by atoms with van der Waals surface area (Å²) in [4.78, 5) is 14.8. The highest BCUT2D eigenvalue weighted by Crippen LogP contribution is 2.29. The Morgan fingerprint density at radius 3 is 2.65 bits per heavy atom. The number of aryl methyl sites for hydroxylation is 2. The molecule has 1 aliphatic carbocycles. The fourth-order valence-electron chi connectivity index (χ4n) is 3.24. The monoisotopic (exact) mass is 321 g/mol. The summed E-state index contributed by atoms with van der Waals surface area (Å²) in [7, 11) is 0. The number of carbonyl (C=O) groups excluding carboxylic acids is 1. The van der Waals surface area contributed by atoms with Gasteiger partial charge in [0.25, 0.3) is 5.91 Å². The van der Waals surface area contributed by atoms with Crippen LogP contribution in [0.25, 0.3) is 10.8 Å². The zero-order chi connectivity index (χ0) is 15.6. The van der Waals surface area contributed by atoms with Gasteiger partial charge in [0.15, 0.2) is 0 Å². The molecule has 1 amide bonds. The highest BCUT2D eigenvalue weighted by atomic mass is 32.1. The Bertz CT molecular complexity index is 841. The van der Waals surface area contributed by atoms with Gasteiger partial charge in [-0.15, -0.1) is 11.3 Å². The van der Waals surface area contributed by atoms with E-state index in [9.17, 15) is 4.79 Å². The molecule has 0 aliphatic heterocycles. The van der Waals surface area contributed by atoms with Crippen molar-refractivity contribution >= 4 is 33.7 Å². The zero-order valence-corrected chi connectivity index (χ0v) is 13.8. The molecule has 0 saturated carbocycles. The van der Waals surface area contributed by atoms with E-state index in [0.29, 0.717) is 0 Å². The van der Waals surface area contributed by atoms with Crippen molar-refractivity contribution < 1.29 is 4.79 Å². The molecule has 0 bridgehead atoms. The van der Waals surface area contributed by atoms with Crippen molar-refractivity contribution in [2.45, 2.75) is 32.1 Å². The first-order chi connectivity index (χ1) is 11.3. The van der Waals surface area contributed by atoms with Gasteiger partial charge in [-0.25, -0.2) is 0 Å². The number of anilines is 1. The molecule has 3 aromatic rings. The first-order valence-corrected chi connectivity index (χ1v) is 9.03. The molecule has 4 rings (SSSR count). The maximum Gasteiger partial charge on any atom is 0.265 e. The Hall–Kier alpha value is -2.13. The molecule has 0 radical (unpaired) electrons. The van der Waals surface area contributed by atoms with Gasteiger partial charge in [-0.1, -0.05) is 36.8 Å². The smallest absolute Gasteiger partial charge is 0.265 e. The summed E-state index contributed by atoms with van der Waals surface area (Å²) < 4.78 is 0. The summed E-state index contributed by atoms with van der Waals surface area (Å²) in [6.45, 7) is 0. The van der Waals surface area contributed by atoms with Gasteiger partial charge < -0.3 is 5.32 Å². The van der Waals surface area contributed by atoms with Gasteiger partial charge >= 0.3 is 0 Å². The van der Waals surface area contributed by atoms with Crippen LogP contribution in [0, 0.1) is 0 Å². The first-order valence-electron chi connectivity index (χ1n) is 8.21. The molecular weight excluding hydrogens is 302 g/mol. The van der Waals surface area contributed by atoms with Crippen LogP contribution in [0.5, 0.6) is 0 Å². The summed E-state index contributed by atoms with van der Waals surface area (Å²) in [5, 5.41) is 5.38. The lowest BCUT2D eigenvalue weighted by atomic mass is 10.1. The molecule has 0 fully saturated rings. The van der Waals surface area contributed by atoms with E-state index in [2.05, 4.69) is 29.6 Å². The third-order valence-electron chi connectivity index (χ3n) is 4.48. The number of benzene rings is 2. The Labute approximate surface area is 140 Å². The van der Waals surface area contributed by atoms with E-state index in [1.807, 2.05) is 24.3 Å². The predicted molar refractivity (Wildman–Crippen MR) is 97.5 cm³/mol. The Kier molecular flexibility index (Phi) is 3.88. The van der Waals surface area contributed by atoms with E-state index >= 15 is 0 Å². The van der Waals surface area contributed by atoms with E-state index in [4.69, 9.17) is 0 Å². The van der Waals surface area contributed by atoms with Crippen LogP contribution in [-0.4, -0.2) is 5.91 Å². The number of nitrogens with one attached hydrogen (secondary N) is 1. The first kappa shape index (κ1) is 14.5. The van der Waals surface area contributed by atoms with Gasteiger partial charge in [0.2, 0.25) is 0 Å². The molecule has 0 atom stereocenters. The van der Waals surface area contributed by atoms with Gasteiger partial charge in [0, 0.05) is 10.6 Å². The average molecular weight is 321 g/mol. The number of thiophene rings is 1. The van der Waals surface area contributed by atoms with Crippen LogP contribution in [-0.2, 0) is 12.8 Å². The van der Waals surface area contributed by atoms with Crippen molar-refractivity contribution in [2.24, 2.45) is 0 Å². The van der Waals surface area contributed by atoms with E-state index in [0.717, 1.165) is 28.8 Å². The molecule has 3 heteroatoms. The minimum absolute atomic E-state index is 0.0124. The van der Waals surface area contributed by atoms with E-state index in [1.165, 1.54) is 35.1 Å². The fourth-order valence-corrected chi connectivity index (χ4v) is 4.39. The molecule has 0 spiro atoms. The van der Waals surface area contributed by atoms with E-state index in [1.54, 1.807) is 11.3 Å². The van der Waals surface area contributed by atoms with Crippen molar-refractivity contribution in [3.05, 3.63) is 63.8 Å². The van der Waals surface area contributed by atoms with Crippen molar-refractivity contribution in [3.8, 4) is 0 Å².